The van der Waals surface area contributed by atoms with Crippen LogP contribution in [0.1, 0.15) is 5.56 Å². The summed E-state index contributed by atoms with van der Waals surface area (Å²) in [5.41, 5.74) is 1.07. The molecule has 0 bridgehead atoms. The zero-order chi connectivity index (χ0) is 8.10. The minimum atomic E-state index is 0.824. The molecule has 11 heavy (non-hydrogen) atoms. The highest BCUT2D eigenvalue weighted by atomic mass is 16.5. The lowest BCUT2D eigenvalue weighted by molar-refractivity contribution is -0.605. The Bertz CT molecular complexity index is 225. The van der Waals surface area contributed by atoms with Crippen LogP contribution in [0.15, 0.2) is 24.5 Å². The summed E-state index contributed by atoms with van der Waals surface area (Å²) >= 11 is 0. The van der Waals surface area contributed by atoms with E-state index in [1.807, 2.05) is 13.1 Å². The van der Waals surface area contributed by atoms with Crippen LogP contribution in [0.25, 0.3) is 0 Å². The molecule has 0 spiro atoms. The van der Waals surface area contributed by atoms with E-state index in [0.717, 1.165) is 23.3 Å². The van der Waals surface area contributed by atoms with Crippen LogP contribution in [0.3, 0.4) is 0 Å². The third-order valence-electron chi connectivity index (χ3n) is 1.50. The summed E-state index contributed by atoms with van der Waals surface area (Å²) in [7, 11) is 1.90. The van der Waals surface area contributed by atoms with Crippen molar-refractivity contribution in [1.29, 1.82) is 0 Å². The van der Waals surface area contributed by atoms with Crippen LogP contribution in [0.5, 0.6) is 0 Å². The molecule has 1 heterocycles. The van der Waals surface area contributed by atoms with Crippen molar-refractivity contribution in [3.63, 3.8) is 0 Å². The van der Waals surface area contributed by atoms with E-state index in [9.17, 15) is 5.21 Å². The molecule has 0 atom stereocenters. The van der Waals surface area contributed by atoms with Gasteiger partial charge in [0.15, 0.2) is 12.4 Å². The number of likely N-dealkylation sites (N-methyl/N-ethyl adjacent to an activating group) is 1. The van der Waals surface area contributed by atoms with E-state index < -0.39 is 0 Å². The maximum absolute atomic E-state index is 10.7. The normalized spacial score (nSPS) is 9.91. The summed E-state index contributed by atoms with van der Waals surface area (Å²) in [6.45, 7) is 0.907. The lowest BCUT2D eigenvalue weighted by Gasteiger charge is -1.99. The van der Waals surface area contributed by atoms with Gasteiger partial charge in [0, 0.05) is 11.6 Å². The number of pyridine rings is 1. The fourth-order valence-corrected chi connectivity index (χ4v) is 0.918. The van der Waals surface area contributed by atoms with Gasteiger partial charge in [-0.1, -0.05) is 0 Å². The first kappa shape index (κ1) is 8.01. The monoisotopic (exact) mass is 152 g/mol. The van der Waals surface area contributed by atoms with Crippen LogP contribution < -0.4 is 10.0 Å². The highest BCUT2D eigenvalue weighted by Gasteiger charge is 1.94. The number of aromatic nitrogens is 1. The molecule has 0 aromatic carbocycles. The molecule has 0 saturated carbocycles. The minimum Gasteiger partial charge on any atom is -0.619 e. The van der Waals surface area contributed by atoms with Crippen LogP contribution in [0, 0.1) is 5.21 Å². The van der Waals surface area contributed by atoms with Crippen LogP contribution in [-0.2, 0) is 6.42 Å². The highest BCUT2D eigenvalue weighted by molar-refractivity contribution is 5.05. The van der Waals surface area contributed by atoms with Gasteiger partial charge in [0.25, 0.3) is 0 Å². The zero-order valence-electron chi connectivity index (χ0n) is 6.58. The van der Waals surface area contributed by atoms with Gasteiger partial charge in [-0.15, -0.1) is 0 Å². The Kier molecular flexibility index (Phi) is 2.86. The number of hydrogen-bond donors (Lipinski definition) is 1. The minimum absolute atomic E-state index is 0.824. The Hall–Kier alpha value is -1.09. The Labute approximate surface area is 66.3 Å². The van der Waals surface area contributed by atoms with Crippen molar-refractivity contribution in [2.45, 2.75) is 6.42 Å². The molecule has 0 amide bonds. The first-order valence-corrected chi connectivity index (χ1v) is 3.65. The molecule has 60 valence electrons. The number of rotatable bonds is 3. The molecule has 1 rings (SSSR count). The van der Waals surface area contributed by atoms with Gasteiger partial charge < -0.3 is 10.5 Å². The summed E-state index contributed by atoms with van der Waals surface area (Å²) in [4.78, 5) is 0. The molecule has 0 aliphatic rings. The van der Waals surface area contributed by atoms with E-state index in [2.05, 4.69) is 5.32 Å². The molecule has 1 aromatic heterocycles. The second-order valence-electron chi connectivity index (χ2n) is 2.43. The van der Waals surface area contributed by atoms with Gasteiger partial charge in [0.2, 0.25) is 0 Å². The van der Waals surface area contributed by atoms with Crippen molar-refractivity contribution >= 4 is 0 Å². The molecule has 0 radical (unpaired) electrons. The highest BCUT2D eigenvalue weighted by Crippen LogP contribution is 1.93. The lowest BCUT2D eigenvalue weighted by atomic mass is 10.2. The third kappa shape index (κ3) is 2.55. The molecule has 3 heteroatoms. The van der Waals surface area contributed by atoms with Crippen molar-refractivity contribution in [1.82, 2.24) is 5.32 Å². The number of nitrogens with zero attached hydrogens (tertiary/aromatic N) is 1. The van der Waals surface area contributed by atoms with E-state index in [-0.39, 0.29) is 0 Å². The summed E-state index contributed by atoms with van der Waals surface area (Å²) in [6.07, 6.45) is 3.99. The van der Waals surface area contributed by atoms with Gasteiger partial charge >= 0.3 is 0 Å². The molecule has 3 nitrogen and oxygen atoms in total. The summed E-state index contributed by atoms with van der Waals surface area (Å²) < 4.78 is 0.824. The Morgan fingerprint density at radius 3 is 3.09 bits per heavy atom. The summed E-state index contributed by atoms with van der Waals surface area (Å²) in [5, 5.41) is 13.8. The molecule has 1 N–H and O–H groups in total. The van der Waals surface area contributed by atoms with E-state index in [1.165, 1.54) is 6.20 Å². The molecular formula is C8H12N2O. The Balaban J connectivity index is 2.56. The van der Waals surface area contributed by atoms with Crippen molar-refractivity contribution < 1.29 is 4.73 Å². The molecule has 0 saturated heterocycles. The fourth-order valence-electron chi connectivity index (χ4n) is 0.918. The predicted octanol–water partition coefficient (Wildman–Crippen LogP) is 0.0819. The largest absolute Gasteiger partial charge is 0.619 e. The maximum atomic E-state index is 10.7. The van der Waals surface area contributed by atoms with Gasteiger partial charge in [-0.25, -0.2) is 0 Å². The van der Waals surface area contributed by atoms with E-state index in [1.54, 1.807) is 12.3 Å². The van der Waals surface area contributed by atoms with Crippen molar-refractivity contribution in [2.75, 3.05) is 13.6 Å². The lowest BCUT2D eigenvalue weighted by Crippen LogP contribution is -2.25. The second-order valence-corrected chi connectivity index (χ2v) is 2.43. The molecule has 1 aromatic rings. The van der Waals surface area contributed by atoms with Gasteiger partial charge in [0.1, 0.15) is 0 Å². The van der Waals surface area contributed by atoms with Crippen molar-refractivity contribution in [3.8, 4) is 0 Å². The van der Waals surface area contributed by atoms with Gasteiger partial charge in [-0.2, -0.15) is 4.73 Å². The van der Waals surface area contributed by atoms with Crippen LogP contribution in [0.4, 0.5) is 0 Å². The zero-order valence-corrected chi connectivity index (χ0v) is 6.58. The Morgan fingerprint density at radius 2 is 2.45 bits per heavy atom. The smallest absolute Gasteiger partial charge is 0.183 e. The van der Waals surface area contributed by atoms with Gasteiger partial charge in [-0.3, -0.25) is 0 Å². The first-order chi connectivity index (χ1) is 5.33. The number of hydrogen-bond acceptors (Lipinski definition) is 2. The maximum Gasteiger partial charge on any atom is 0.183 e. The summed E-state index contributed by atoms with van der Waals surface area (Å²) in [5.74, 6) is 0. The Morgan fingerprint density at radius 1 is 1.64 bits per heavy atom. The molecular weight excluding hydrogens is 140 g/mol. The molecule has 0 unspecified atom stereocenters. The molecule has 0 fully saturated rings. The van der Waals surface area contributed by atoms with Crippen molar-refractivity contribution in [3.05, 3.63) is 35.3 Å². The topological polar surface area (TPSA) is 39.0 Å². The SMILES string of the molecule is CNCCc1ccc[n+]([O-])c1. The van der Waals surface area contributed by atoms with Crippen LogP contribution >= 0.6 is 0 Å². The molecule has 0 aliphatic heterocycles. The molecule has 0 aliphatic carbocycles. The van der Waals surface area contributed by atoms with Gasteiger partial charge in [-0.05, 0) is 26.1 Å². The van der Waals surface area contributed by atoms with E-state index in [4.69, 9.17) is 0 Å². The fraction of sp³-hybridized carbons (Fsp3) is 0.375. The average molecular weight is 152 g/mol. The van der Waals surface area contributed by atoms with Gasteiger partial charge in [0.05, 0.1) is 0 Å². The first-order valence-electron chi connectivity index (χ1n) is 3.65. The second kappa shape index (κ2) is 3.93. The standard InChI is InChI=1S/C8H12N2O/c1-9-5-4-8-3-2-6-10(11)7-8/h2-3,6-7,9H,4-5H2,1H3. The number of nitrogens with one attached hydrogen (secondary N) is 1. The van der Waals surface area contributed by atoms with Crippen LogP contribution in [-0.4, -0.2) is 13.6 Å². The van der Waals surface area contributed by atoms with Crippen molar-refractivity contribution in [2.24, 2.45) is 0 Å². The average Bonchev–Trinajstić information content (AvgIpc) is 2.01. The predicted molar refractivity (Wildman–Crippen MR) is 43.0 cm³/mol. The van der Waals surface area contributed by atoms with E-state index in [0.29, 0.717) is 0 Å². The summed E-state index contributed by atoms with van der Waals surface area (Å²) in [6, 6.07) is 3.71. The quantitative estimate of drug-likeness (QED) is 0.492. The van der Waals surface area contributed by atoms with E-state index >= 15 is 0 Å². The van der Waals surface area contributed by atoms with Crippen LogP contribution in [0.2, 0.25) is 0 Å². The third-order valence-corrected chi connectivity index (χ3v) is 1.50.